The van der Waals surface area contributed by atoms with E-state index < -0.39 is 11.8 Å². The fourth-order valence-corrected chi connectivity index (χ4v) is 2.19. The van der Waals surface area contributed by atoms with Crippen LogP contribution in [0.5, 0.6) is 5.75 Å². The second-order valence-electron chi connectivity index (χ2n) is 2.65. The number of esters is 1. The SMILES string of the molecule is O=C(CCS)Oc1cc(Br)c(F)c(Br)c1. The van der Waals surface area contributed by atoms with Crippen molar-refractivity contribution in [2.75, 3.05) is 5.75 Å². The van der Waals surface area contributed by atoms with Crippen molar-refractivity contribution >= 4 is 50.5 Å². The van der Waals surface area contributed by atoms with Crippen molar-refractivity contribution in [2.45, 2.75) is 6.42 Å². The van der Waals surface area contributed by atoms with E-state index in [1.807, 2.05) is 0 Å². The molecule has 0 saturated heterocycles. The van der Waals surface area contributed by atoms with Crippen molar-refractivity contribution in [1.82, 2.24) is 0 Å². The molecule has 6 heteroatoms. The number of hydrogen-bond acceptors (Lipinski definition) is 3. The Hall–Kier alpha value is -0.0700. The Labute approximate surface area is 109 Å². The summed E-state index contributed by atoms with van der Waals surface area (Å²) >= 11 is 9.93. The van der Waals surface area contributed by atoms with E-state index in [4.69, 9.17) is 4.74 Å². The van der Waals surface area contributed by atoms with Crippen LogP contribution in [-0.2, 0) is 4.79 Å². The quantitative estimate of drug-likeness (QED) is 0.387. The second kappa shape index (κ2) is 5.86. The standard InChI is InChI=1S/C9H7Br2FO2S/c10-6-3-5(4-7(11)9(6)12)14-8(13)1-2-15/h3-4,15H,1-2H2. The van der Waals surface area contributed by atoms with Gasteiger partial charge in [-0.05, 0) is 44.0 Å². The summed E-state index contributed by atoms with van der Waals surface area (Å²) in [6, 6.07) is 2.80. The molecule has 0 fully saturated rings. The molecule has 15 heavy (non-hydrogen) atoms. The van der Waals surface area contributed by atoms with E-state index in [1.165, 1.54) is 12.1 Å². The van der Waals surface area contributed by atoms with Gasteiger partial charge in [-0.3, -0.25) is 4.79 Å². The van der Waals surface area contributed by atoms with Gasteiger partial charge in [-0.2, -0.15) is 12.6 Å². The summed E-state index contributed by atoms with van der Waals surface area (Å²) < 4.78 is 18.6. The topological polar surface area (TPSA) is 26.3 Å². The molecule has 1 rings (SSSR count). The largest absolute Gasteiger partial charge is 0.426 e. The van der Waals surface area contributed by atoms with Crippen molar-refractivity contribution in [1.29, 1.82) is 0 Å². The van der Waals surface area contributed by atoms with E-state index in [-0.39, 0.29) is 15.4 Å². The number of carbonyl (C=O) groups is 1. The van der Waals surface area contributed by atoms with Gasteiger partial charge >= 0.3 is 5.97 Å². The molecule has 0 aliphatic rings. The number of halogens is 3. The van der Waals surface area contributed by atoms with E-state index in [9.17, 15) is 9.18 Å². The van der Waals surface area contributed by atoms with Crippen LogP contribution < -0.4 is 4.74 Å². The molecule has 0 saturated carbocycles. The van der Waals surface area contributed by atoms with Crippen LogP contribution in [0.15, 0.2) is 21.1 Å². The first kappa shape index (κ1) is 13.0. The van der Waals surface area contributed by atoms with Crippen LogP contribution in [0.3, 0.4) is 0 Å². The number of carbonyl (C=O) groups excluding carboxylic acids is 1. The molecule has 82 valence electrons. The molecule has 0 unspecified atom stereocenters. The molecule has 1 aromatic carbocycles. The summed E-state index contributed by atoms with van der Waals surface area (Å²) in [5.41, 5.74) is 0. The first-order valence-corrected chi connectivity index (χ1v) is 6.22. The van der Waals surface area contributed by atoms with E-state index in [1.54, 1.807) is 0 Å². The minimum Gasteiger partial charge on any atom is -0.426 e. The average molecular weight is 358 g/mol. The molecule has 1 aromatic rings. The summed E-state index contributed by atoms with van der Waals surface area (Å²) in [6.07, 6.45) is 0.218. The van der Waals surface area contributed by atoms with Gasteiger partial charge in [0.2, 0.25) is 0 Å². The van der Waals surface area contributed by atoms with Gasteiger partial charge < -0.3 is 4.74 Å². The van der Waals surface area contributed by atoms with Crippen molar-refractivity contribution in [3.8, 4) is 5.75 Å². The van der Waals surface area contributed by atoms with Crippen LogP contribution >= 0.6 is 44.5 Å². The summed E-state index contributed by atoms with van der Waals surface area (Å²) in [5, 5.41) is 0. The molecule has 0 bridgehead atoms. The van der Waals surface area contributed by atoms with E-state index in [0.717, 1.165) is 0 Å². The molecular weight excluding hydrogens is 351 g/mol. The minimum absolute atomic E-state index is 0.218. The first-order chi connectivity index (χ1) is 7.04. The number of rotatable bonds is 3. The molecule has 0 amide bonds. The van der Waals surface area contributed by atoms with Crippen LogP contribution in [-0.4, -0.2) is 11.7 Å². The van der Waals surface area contributed by atoms with E-state index in [0.29, 0.717) is 11.5 Å². The molecule has 0 aliphatic carbocycles. The van der Waals surface area contributed by atoms with Crippen LogP contribution in [0.25, 0.3) is 0 Å². The van der Waals surface area contributed by atoms with Gasteiger partial charge in [0.05, 0.1) is 15.4 Å². The Morgan fingerprint density at radius 3 is 2.40 bits per heavy atom. The van der Waals surface area contributed by atoms with Crippen molar-refractivity contribution in [3.63, 3.8) is 0 Å². The zero-order chi connectivity index (χ0) is 11.4. The molecule has 0 heterocycles. The number of thiol groups is 1. The Morgan fingerprint density at radius 1 is 1.40 bits per heavy atom. The van der Waals surface area contributed by atoms with Gasteiger partial charge in [-0.1, -0.05) is 0 Å². The maximum absolute atomic E-state index is 13.1. The monoisotopic (exact) mass is 356 g/mol. The average Bonchev–Trinajstić information content (AvgIpc) is 2.14. The first-order valence-electron chi connectivity index (χ1n) is 4.00. The maximum Gasteiger partial charge on any atom is 0.312 e. The van der Waals surface area contributed by atoms with Gasteiger partial charge in [0, 0.05) is 5.75 Å². The predicted molar refractivity (Wildman–Crippen MR) is 65.9 cm³/mol. The normalized spacial score (nSPS) is 10.1. The Kier molecular flexibility index (Phi) is 5.08. The summed E-state index contributed by atoms with van der Waals surface area (Å²) in [7, 11) is 0. The maximum atomic E-state index is 13.1. The molecular formula is C9H7Br2FO2S. The zero-order valence-electron chi connectivity index (χ0n) is 7.47. The molecule has 0 radical (unpaired) electrons. The lowest BCUT2D eigenvalue weighted by Gasteiger charge is -2.05. The lowest BCUT2D eigenvalue weighted by molar-refractivity contribution is -0.133. The third kappa shape index (κ3) is 3.77. The number of hydrogen-bond donors (Lipinski definition) is 1. The van der Waals surface area contributed by atoms with Crippen LogP contribution in [0.4, 0.5) is 4.39 Å². The van der Waals surface area contributed by atoms with E-state index >= 15 is 0 Å². The number of benzene rings is 1. The molecule has 0 spiro atoms. The predicted octanol–water partition coefficient (Wildman–Crippen LogP) is 3.58. The third-order valence-electron chi connectivity index (χ3n) is 1.50. The highest BCUT2D eigenvalue weighted by atomic mass is 79.9. The molecule has 0 N–H and O–H groups in total. The molecule has 0 atom stereocenters. The third-order valence-corrected chi connectivity index (χ3v) is 2.88. The van der Waals surface area contributed by atoms with Crippen molar-refractivity contribution < 1.29 is 13.9 Å². The van der Waals surface area contributed by atoms with Gasteiger partial charge in [0.1, 0.15) is 5.75 Å². The van der Waals surface area contributed by atoms with Gasteiger partial charge in [-0.15, -0.1) is 0 Å². The van der Waals surface area contributed by atoms with Gasteiger partial charge in [0.15, 0.2) is 5.82 Å². The van der Waals surface area contributed by atoms with Gasteiger partial charge in [0.25, 0.3) is 0 Å². The van der Waals surface area contributed by atoms with Crippen LogP contribution in [0.2, 0.25) is 0 Å². The Bertz CT molecular complexity index is 361. The highest BCUT2D eigenvalue weighted by molar-refractivity contribution is 9.11. The Balaban J connectivity index is 2.83. The van der Waals surface area contributed by atoms with Crippen LogP contribution in [0.1, 0.15) is 6.42 Å². The lowest BCUT2D eigenvalue weighted by Crippen LogP contribution is -2.08. The molecule has 0 aliphatic heterocycles. The van der Waals surface area contributed by atoms with E-state index in [2.05, 4.69) is 44.5 Å². The highest BCUT2D eigenvalue weighted by Gasteiger charge is 2.10. The molecule has 2 nitrogen and oxygen atoms in total. The summed E-state index contributed by atoms with van der Waals surface area (Å²) in [6.45, 7) is 0. The summed E-state index contributed by atoms with van der Waals surface area (Å²) in [4.78, 5) is 11.1. The van der Waals surface area contributed by atoms with Crippen LogP contribution in [0, 0.1) is 5.82 Å². The zero-order valence-corrected chi connectivity index (χ0v) is 11.5. The fraction of sp³-hybridized carbons (Fsp3) is 0.222. The Morgan fingerprint density at radius 2 is 1.93 bits per heavy atom. The molecule has 0 aromatic heterocycles. The summed E-state index contributed by atoms with van der Waals surface area (Å²) in [5.74, 6) is -0.108. The smallest absolute Gasteiger partial charge is 0.312 e. The fourth-order valence-electron chi connectivity index (χ4n) is 0.865. The highest BCUT2D eigenvalue weighted by Crippen LogP contribution is 2.29. The number of ether oxygens (including phenoxy) is 1. The lowest BCUT2D eigenvalue weighted by atomic mass is 10.3. The van der Waals surface area contributed by atoms with Crippen molar-refractivity contribution in [3.05, 3.63) is 26.9 Å². The second-order valence-corrected chi connectivity index (χ2v) is 4.80. The minimum atomic E-state index is -0.427. The van der Waals surface area contributed by atoms with Gasteiger partial charge in [-0.25, -0.2) is 4.39 Å². The van der Waals surface area contributed by atoms with Crippen molar-refractivity contribution in [2.24, 2.45) is 0 Å².